The number of methoxy groups -OCH3 is 1. The van der Waals surface area contributed by atoms with Crippen LogP contribution >= 0.6 is 0 Å². The van der Waals surface area contributed by atoms with Crippen LogP contribution in [0.3, 0.4) is 0 Å². The second-order valence-electron chi connectivity index (χ2n) is 5.67. The molecule has 118 valence electrons. The first kappa shape index (κ1) is 16.3. The molecule has 1 fully saturated rings. The van der Waals surface area contributed by atoms with Crippen molar-refractivity contribution in [3.63, 3.8) is 0 Å². The first-order valence-corrected chi connectivity index (χ1v) is 7.37. The minimum Gasteiger partial charge on any atom is -0.380 e. The lowest BCUT2D eigenvalue weighted by Gasteiger charge is -2.33. The van der Waals surface area contributed by atoms with Gasteiger partial charge in [0, 0.05) is 19.7 Å². The third-order valence-electron chi connectivity index (χ3n) is 4.06. The first-order valence-electron chi connectivity index (χ1n) is 7.37. The Morgan fingerprint density at radius 3 is 2.62 bits per heavy atom. The normalized spacial score (nSPS) is 23.2. The van der Waals surface area contributed by atoms with E-state index in [-0.39, 0.29) is 6.42 Å². The summed E-state index contributed by atoms with van der Waals surface area (Å²) in [6.07, 6.45) is -1.72. The van der Waals surface area contributed by atoms with Gasteiger partial charge in [-0.3, -0.25) is 0 Å². The van der Waals surface area contributed by atoms with E-state index >= 15 is 0 Å². The Labute approximate surface area is 123 Å². The maximum absolute atomic E-state index is 13.0. The smallest absolute Gasteiger partial charge is 0.380 e. The molecule has 2 rings (SSSR count). The van der Waals surface area contributed by atoms with Gasteiger partial charge in [0.25, 0.3) is 0 Å². The third kappa shape index (κ3) is 4.71. The van der Waals surface area contributed by atoms with Crippen molar-refractivity contribution in [3.8, 4) is 0 Å². The van der Waals surface area contributed by atoms with E-state index in [4.69, 9.17) is 4.74 Å². The lowest BCUT2D eigenvalue weighted by molar-refractivity contribution is -0.189. The minimum atomic E-state index is -4.10. The van der Waals surface area contributed by atoms with Crippen LogP contribution in [0.4, 0.5) is 13.2 Å². The number of halogens is 3. The van der Waals surface area contributed by atoms with E-state index in [0.717, 1.165) is 17.5 Å². The zero-order chi connectivity index (χ0) is 15.3. The molecule has 0 aliphatic heterocycles. The molecule has 1 saturated carbocycles. The third-order valence-corrected chi connectivity index (χ3v) is 4.06. The van der Waals surface area contributed by atoms with E-state index in [0.29, 0.717) is 26.0 Å². The molecule has 2 unspecified atom stereocenters. The molecule has 1 aliphatic carbocycles. The Morgan fingerprint density at radius 1 is 1.19 bits per heavy atom. The molecule has 2 atom stereocenters. The average molecular weight is 301 g/mol. The number of ether oxygens (including phenoxy) is 1. The predicted octanol–water partition coefficient (Wildman–Crippen LogP) is 4.04. The van der Waals surface area contributed by atoms with Crippen molar-refractivity contribution >= 4 is 0 Å². The lowest BCUT2D eigenvalue weighted by atomic mass is 9.84. The van der Waals surface area contributed by atoms with Crippen molar-refractivity contribution < 1.29 is 17.9 Å². The van der Waals surface area contributed by atoms with Crippen molar-refractivity contribution in [1.82, 2.24) is 5.32 Å². The zero-order valence-electron chi connectivity index (χ0n) is 12.2. The number of alkyl halides is 3. The molecule has 5 heteroatoms. The van der Waals surface area contributed by atoms with Gasteiger partial charge in [-0.1, -0.05) is 37.1 Å². The van der Waals surface area contributed by atoms with Gasteiger partial charge in [0.15, 0.2) is 0 Å². The van der Waals surface area contributed by atoms with Crippen LogP contribution in [-0.2, 0) is 17.9 Å². The van der Waals surface area contributed by atoms with Gasteiger partial charge >= 0.3 is 6.18 Å². The molecule has 0 radical (unpaired) electrons. The van der Waals surface area contributed by atoms with E-state index in [1.54, 1.807) is 7.11 Å². The molecule has 1 aromatic rings. The fourth-order valence-corrected chi connectivity index (χ4v) is 3.01. The van der Waals surface area contributed by atoms with Crippen molar-refractivity contribution in [2.75, 3.05) is 7.11 Å². The van der Waals surface area contributed by atoms with Gasteiger partial charge in [-0.05, 0) is 24.0 Å². The van der Waals surface area contributed by atoms with Crippen LogP contribution in [0.5, 0.6) is 0 Å². The molecule has 21 heavy (non-hydrogen) atoms. The SMILES string of the molecule is COCc1cccc(CNC2CCCCC2C(F)(F)F)c1. The molecule has 0 saturated heterocycles. The van der Waals surface area contributed by atoms with Crippen molar-refractivity contribution in [2.24, 2.45) is 5.92 Å². The summed E-state index contributed by atoms with van der Waals surface area (Å²) in [6.45, 7) is 0.983. The lowest BCUT2D eigenvalue weighted by Crippen LogP contribution is -2.45. The van der Waals surface area contributed by atoms with Crippen molar-refractivity contribution in [2.45, 2.75) is 51.1 Å². The van der Waals surface area contributed by atoms with Crippen molar-refractivity contribution in [1.29, 1.82) is 0 Å². The van der Waals surface area contributed by atoms with E-state index in [9.17, 15) is 13.2 Å². The average Bonchev–Trinajstić information content (AvgIpc) is 2.45. The van der Waals surface area contributed by atoms with Crippen LogP contribution in [0.25, 0.3) is 0 Å². The van der Waals surface area contributed by atoms with E-state index in [1.807, 2.05) is 24.3 Å². The monoisotopic (exact) mass is 301 g/mol. The summed E-state index contributed by atoms with van der Waals surface area (Å²) in [5, 5.41) is 3.10. The molecule has 0 amide bonds. The van der Waals surface area contributed by atoms with E-state index in [2.05, 4.69) is 5.32 Å². The van der Waals surface area contributed by atoms with Gasteiger partial charge in [-0.15, -0.1) is 0 Å². The highest BCUT2D eigenvalue weighted by atomic mass is 19.4. The fourth-order valence-electron chi connectivity index (χ4n) is 3.01. The van der Waals surface area contributed by atoms with E-state index in [1.165, 1.54) is 0 Å². The number of nitrogens with one attached hydrogen (secondary N) is 1. The number of benzene rings is 1. The maximum Gasteiger partial charge on any atom is 0.393 e. The largest absolute Gasteiger partial charge is 0.393 e. The summed E-state index contributed by atoms with van der Waals surface area (Å²) >= 11 is 0. The molecule has 0 spiro atoms. The summed E-state index contributed by atoms with van der Waals surface area (Å²) in [7, 11) is 1.63. The number of hydrogen-bond acceptors (Lipinski definition) is 2. The Morgan fingerprint density at radius 2 is 1.90 bits per heavy atom. The van der Waals surface area contributed by atoms with Crippen LogP contribution in [0, 0.1) is 5.92 Å². The van der Waals surface area contributed by atoms with Gasteiger partial charge < -0.3 is 10.1 Å². The molecule has 1 aliphatic rings. The Bertz CT molecular complexity index is 447. The fraction of sp³-hybridized carbons (Fsp3) is 0.625. The molecule has 0 heterocycles. The highest BCUT2D eigenvalue weighted by Crippen LogP contribution is 2.37. The summed E-state index contributed by atoms with van der Waals surface area (Å²) < 4.78 is 44.1. The molecule has 2 nitrogen and oxygen atoms in total. The molecule has 1 N–H and O–H groups in total. The van der Waals surface area contributed by atoms with Crippen LogP contribution in [0.15, 0.2) is 24.3 Å². The second kappa shape index (κ2) is 7.27. The quantitative estimate of drug-likeness (QED) is 0.886. The highest BCUT2D eigenvalue weighted by Gasteiger charge is 2.45. The summed E-state index contributed by atoms with van der Waals surface area (Å²) in [4.78, 5) is 0. The van der Waals surface area contributed by atoms with E-state index < -0.39 is 18.1 Å². The molecule has 0 bridgehead atoms. The van der Waals surface area contributed by atoms with Gasteiger partial charge in [-0.25, -0.2) is 0 Å². The van der Waals surface area contributed by atoms with Crippen LogP contribution in [0.1, 0.15) is 36.8 Å². The molecule has 0 aromatic heterocycles. The maximum atomic E-state index is 13.0. The summed E-state index contributed by atoms with van der Waals surface area (Å²) in [6, 6.07) is 7.30. The minimum absolute atomic E-state index is 0.241. The van der Waals surface area contributed by atoms with Gasteiger partial charge in [0.2, 0.25) is 0 Å². The first-order chi connectivity index (χ1) is 10.0. The molecular weight excluding hydrogens is 279 g/mol. The summed E-state index contributed by atoms with van der Waals surface area (Å²) in [5.41, 5.74) is 2.03. The van der Waals surface area contributed by atoms with Crippen LogP contribution in [0.2, 0.25) is 0 Å². The standard InChI is InChI=1S/C16H22F3NO/c1-21-11-13-6-4-5-12(9-13)10-20-15-8-3-2-7-14(15)16(17,18)19/h4-6,9,14-15,20H,2-3,7-8,10-11H2,1H3. The van der Waals surface area contributed by atoms with Gasteiger partial charge in [0.05, 0.1) is 12.5 Å². The topological polar surface area (TPSA) is 21.3 Å². The van der Waals surface area contributed by atoms with Crippen LogP contribution in [-0.4, -0.2) is 19.3 Å². The van der Waals surface area contributed by atoms with Gasteiger partial charge in [-0.2, -0.15) is 13.2 Å². The predicted molar refractivity (Wildman–Crippen MR) is 75.8 cm³/mol. The molecular formula is C16H22F3NO. The van der Waals surface area contributed by atoms with Crippen LogP contribution < -0.4 is 5.32 Å². The summed E-state index contributed by atoms with van der Waals surface area (Å²) in [5.74, 6) is -1.21. The Kier molecular flexibility index (Phi) is 5.65. The van der Waals surface area contributed by atoms with Gasteiger partial charge in [0.1, 0.15) is 0 Å². The Hall–Kier alpha value is -1.07. The number of hydrogen-bond donors (Lipinski definition) is 1. The molecule has 1 aromatic carbocycles. The highest BCUT2D eigenvalue weighted by molar-refractivity contribution is 5.23. The van der Waals surface area contributed by atoms with Crippen molar-refractivity contribution in [3.05, 3.63) is 35.4 Å². The second-order valence-corrected chi connectivity index (χ2v) is 5.67. The zero-order valence-corrected chi connectivity index (χ0v) is 12.2. The Balaban J connectivity index is 1.96. The number of rotatable bonds is 5.